The predicted molar refractivity (Wildman–Crippen MR) is 143 cm³/mol. The number of hydrogen-bond donors (Lipinski definition) is 2. The van der Waals surface area contributed by atoms with Crippen molar-refractivity contribution in [2.45, 2.75) is 39.2 Å². The topological polar surface area (TPSA) is 118 Å². The molecule has 3 aromatic heterocycles. The van der Waals surface area contributed by atoms with Crippen LogP contribution in [0.15, 0.2) is 41.2 Å². The summed E-state index contributed by atoms with van der Waals surface area (Å²) in [5.74, 6) is 1.15. The van der Waals surface area contributed by atoms with Gasteiger partial charge in [0.05, 0.1) is 23.4 Å². The summed E-state index contributed by atoms with van der Waals surface area (Å²) in [5, 5.41) is 10.2. The number of carbonyl (C=O) groups is 1. The van der Waals surface area contributed by atoms with Gasteiger partial charge in [0.1, 0.15) is 0 Å². The molecule has 0 spiro atoms. The third kappa shape index (κ3) is 6.48. The molecule has 37 heavy (non-hydrogen) atoms. The van der Waals surface area contributed by atoms with Crippen molar-refractivity contribution in [2.75, 3.05) is 38.2 Å². The maximum atomic E-state index is 12.4. The van der Waals surface area contributed by atoms with E-state index in [-0.39, 0.29) is 11.4 Å². The second-order valence-corrected chi connectivity index (χ2v) is 11.1. The van der Waals surface area contributed by atoms with E-state index in [1.54, 1.807) is 0 Å². The number of pyridine rings is 1. The molecule has 1 saturated heterocycles. The predicted octanol–water partition coefficient (Wildman–Crippen LogP) is 4.24. The van der Waals surface area contributed by atoms with Crippen molar-refractivity contribution < 1.29 is 14.1 Å². The van der Waals surface area contributed by atoms with Gasteiger partial charge in [0, 0.05) is 56.0 Å². The standard InChI is InChI=1S/C26H31N7O3S/c1-26(2,3)23-30-22(32-36-23)6-7-28-24(34)31-25-29-20-5-4-18(13-21(20)37-25)19-12-17(14-27-15-19)16-33-8-10-35-11-9-33/h4-5,12-15H,6-11,16H2,1-3H3,(H2,28,29,31,34). The Bertz CT molecular complexity index is 1370. The summed E-state index contributed by atoms with van der Waals surface area (Å²) in [7, 11) is 0. The summed E-state index contributed by atoms with van der Waals surface area (Å²) in [4.78, 5) is 28.2. The third-order valence-corrected chi connectivity index (χ3v) is 6.92. The first-order valence-electron chi connectivity index (χ1n) is 12.4. The number of fused-ring (bicyclic) bond motifs is 1. The zero-order valence-corrected chi connectivity index (χ0v) is 22.1. The van der Waals surface area contributed by atoms with E-state index >= 15 is 0 Å². The molecule has 0 saturated carbocycles. The fourth-order valence-corrected chi connectivity index (χ4v) is 4.90. The molecule has 194 valence electrons. The number of carbonyl (C=O) groups excluding carboxylic acids is 1. The molecule has 0 bridgehead atoms. The number of aromatic nitrogens is 4. The molecule has 4 aromatic rings. The minimum absolute atomic E-state index is 0.203. The molecule has 10 nitrogen and oxygen atoms in total. The van der Waals surface area contributed by atoms with Crippen LogP contribution < -0.4 is 10.6 Å². The molecular formula is C26H31N7O3S. The van der Waals surface area contributed by atoms with Crippen LogP contribution in [-0.2, 0) is 23.1 Å². The van der Waals surface area contributed by atoms with Gasteiger partial charge in [-0.15, -0.1) is 0 Å². The van der Waals surface area contributed by atoms with Crippen molar-refractivity contribution in [2.24, 2.45) is 0 Å². The Morgan fingerprint density at radius 1 is 1.11 bits per heavy atom. The molecule has 0 unspecified atom stereocenters. The van der Waals surface area contributed by atoms with Crippen LogP contribution >= 0.6 is 11.3 Å². The number of thiazole rings is 1. The van der Waals surface area contributed by atoms with E-state index in [1.165, 1.54) is 16.9 Å². The lowest BCUT2D eigenvalue weighted by atomic mass is 9.97. The number of urea groups is 1. The Morgan fingerprint density at radius 3 is 2.73 bits per heavy atom. The Balaban J connectivity index is 1.18. The molecule has 11 heteroatoms. The summed E-state index contributed by atoms with van der Waals surface area (Å²) >= 11 is 1.44. The highest BCUT2D eigenvalue weighted by Gasteiger charge is 2.21. The molecule has 5 rings (SSSR count). The molecule has 1 aromatic carbocycles. The largest absolute Gasteiger partial charge is 0.379 e. The number of rotatable bonds is 7. The molecule has 1 aliphatic heterocycles. The molecule has 4 heterocycles. The minimum Gasteiger partial charge on any atom is -0.379 e. The van der Waals surface area contributed by atoms with E-state index in [0.717, 1.165) is 54.2 Å². The molecule has 1 aliphatic rings. The third-order valence-electron chi connectivity index (χ3n) is 5.99. The molecule has 0 aliphatic carbocycles. The van der Waals surface area contributed by atoms with Gasteiger partial charge in [-0.05, 0) is 29.3 Å². The number of morpholine rings is 1. The Kier molecular flexibility index (Phi) is 7.45. The van der Waals surface area contributed by atoms with Crippen molar-refractivity contribution >= 4 is 32.7 Å². The summed E-state index contributed by atoms with van der Waals surface area (Å²) in [5.41, 5.74) is 3.94. The van der Waals surface area contributed by atoms with Gasteiger partial charge in [-0.25, -0.2) is 9.78 Å². The number of anilines is 1. The van der Waals surface area contributed by atoms with E-state index in [4.69, 9.17) is 9.26 Å². The number of nitrogens with zero attached hydrogens (tertiary/aromatic N) is 5. The van der Waals surface area contributed by atoms with E-state index < -0.39 is 0 Å². The summed E-state index contributed by atoms with van der Waals surface area (Å²) in [6.07, 6.45) is 4.29. The van der Waals surface area contributed by atoms with Gasteiger partial charge in [-0.1, -0.05) is 43.3 Å². The first-order valence-corrected chi connectivity index (χ1v) is 13.2. The van der Waals surface area contributed by atoms with Gasteiger partial charge < -0.3 is 14.6 Å². The number of nitrogens with one attached hydrogen (secondary N) is 2. The van der Waals surface area contributed by atoms with Crippen LogP contribution in [0.5, 0.6) is 0 Å². The van der Waals surface area contributed by atoms with Crippen LogP contribution in [-0.4, -0.2) is 63.9 Å². The molecule has 1 fully saturated rings. The maximum Gasteiger partial charge on any atom is 0.321 e. The number of hydrogen-bond acceptors (Lipinski definition) is 9. The lowest BCUT2D eigenvalue weighted by Crippen LogP contribution is -2.35. The fraction of sp³-hybridized carbons (Fsp3) is 0.423. The highest BCUT2D eigenvalue weighted by molar-refractivity contribution is 7.22. The van der Waals surface area contributed by atoms with E-state index in [9.17, 15) is 4.79 Å². The van der Waals surface area contributed by atoms with Gasteiger partial charge in [0.25, 0.3) is 0 Å². The zero-order valence-electron chi connectivity index (χ0n) is 21.3. The van der Waals surface area contributed by atoms with Gasteiger partial charge in [0.2, 0.25) is 5.89 Å². The fourth-order valence-electron chi connectivity index (χ4n) is 4.00. The Labute approximate surface area is 219 Å². The van der Waals surface area contributed by atoms with E-state index in [1.807, 2.05) is 45.3 Å². The first-order chi connectivity index (χ1) is 17.8. The zero-order chi connectivity index (χ0) is 25.8. The molecule has 2 N–H and O–H groups in total. The molecule has 0 atom stereocenters. The highest BCUT2D eigenvalue weighted by atomic mass is 32.1. The average Bonchev–Trinajstić information content (AvgIpc) is 3.51. The SMILES string of the molecule is CC(C)(C)c1nc(CCNC(=O)Nc2nc3ccc(-c4cncc(CN5CCOCC5)c4)cc3s2)no1. The smallest absolute Gasteiger partial charge is 0.321 e. The highest BCUT2D eigenvalue weighted by Crippen LogP contribution is 2.30. The monoisotopic (exact) mass is 521 g/mol. The first kappa shape index (κ1) is 25.2. The average molecular weight is 522 g/mol. The van der Waals surface area contributed by atoms with Crippen molar-refractivity contribution in [3.05, 3.63) is 53.9 Å². The van der Waals surface area contributed by atoms with Crippen LogP contribution in [0.25, 0.3) is 21.3 Å². The van der Waals surface area contributed by atoms with Gasteiger partial charge >= 0.3 is 6.03 Å². The number of amides is 2. The quantitative estimate of drug-likeness (QED) is 0.371. The van der Waals surface area contributed by atoms with Crippen molar-refractivity contribution in [3.63, 3.8) is 0 Å². The Morgan fingerprint density at radius 2 is 1.95 bits per heavy atom. The second kappa shape index (κ2) is 10.9. The van der Waals surface area contributed by atoms with Crippen LogP contribution in [0, 0.1) is 0 Å². The molecule has 0 radical (unpaired) electrons. The summed E-state index contributed by atoms with van der Waals surface area (Å²) < 4.78 is 11.7. The van der Waals surface area contributed by atoms with Crippen molar-refractivity contribution in [3.8, 4) is 11.1 Å². The number of benzene rings is 1. The minimum atomic E-state index is -0.321. The van der Waals surface area contributed by atoms with Crippen LogP contribution in [0.4, 0.5) is 9.93 Å². The molecule has 2 amide bonds. The van der Waals surface area contributed by atoms with Gasteiger partial charge in [-0.2, -0.15) is 4.98 Å². The van der Waals surface area contributed by atoms with Gasteiger partial charge in [0.15, 0.2) is 11.0 Å². The molecular weight excluding hydrogens is 490 g/mol. The van der Waals surface area contributed by atoms with Crippen molar-refractivity contribution in [1.82, 2.24) is 30.3 Å². The summed E-state index contributed by atoms with van der Waals surface area (Å²) in [6, 6.07) is 7.97. The van der Waals surface area contributed by atoms with E-state index in [0.29, 0.717) is 29.8 Å². The van der Waals surface area contributed by atoms with E-state index in [2.05, 4.69) is 47.8 Å². The Hall–Kier alpha value is -3.41. The second-order valence-electron chi connectivity index (χ2n) is 10.1. The van der Waals surface area contributed by atoms with Crippen LogP contribution in [0.3, 0.4) is 0 Å². The maximum absolute atomic E-state index is 12.4. The lowest BCUT2D eigenvalue weighted by molar-refractivity contribution is 0.0341. The van der Waals surface area contributed by atoms with Crippen LogP contribution in [0.2, 0.25) is 0 Å². The normalized spacial score (nSPS) is 14.7. The lowest BCUT2D eigenvalue weighted by Gasteiger charge is -2.26. The van der Waals surface area contributed by atoms with Gasteiger partial charge in [-0.3, -0.25) is 15.2 Å². The van der Waals surface area contributed by atoms with Crippen LogP contribution in [0.1, 0.15) is 38.0 Å². The van der Waals surface area contributed by atoms with Crippen molar-refractivity contribution in [1.29, 1.82) is 0 Å². The summed E-state index contributed by atoms with van der Waals surface area (Å²) in [6.45, 7) is 10.7. The number of ether oxygens (including phenoxy) is 1.